The van der Waals surface area contributed by atoms with Crippen LogP contribution in [0.3, 0.4) is 0 Å². The molecule has 2 saturated heterocycles. The number of amides is 3. The van der Waals surface area contributed by atoms with Gasteiger partial charge >= 0.3 is 0 Å². The molecule has 2 unspecified atom stereocenters. The first-order valence-electron chi connectivity index (χ1n) is 12.3. The van der Waals surface area contributed by atoms with Crippen molar-refractivity contribution in [3.63, 3.8) is 0 Å². The lowest BCUT2D eigenvalue weighted by Gasteiger charge is -2.52. The van der Waals surface area contributed by atoms with E-state index in [2.05, 4.69) is 0 Å². The van der Waals surface area contributed by atoms with Crippen molar-refractivity contribution in [2.24, 2.45) is 0 Å². The number of hydrogen-bond donors (Lipinski definition) is 0. The van der Waals surface area contributed by atoms with Gasteiger partial charge in [-0.05, 0) is 44.9 Å². The van der Waals surface area contributed by atoms with E-state index in [1.165, 1.54) is 36.0 Å². The van der Waals surface area contributed by atoms with Crippen molar-refractivity contribution in [3.8, 4) is 11.5 Å². The molecule has 0 spiro atoms. The normalized spacial score (nSPS) is 24.9. The molecule has 3 aliphatic heterocycles. The molecule has 3 heterocycles. The Kier molecular flexibility index (Phi) is 6.23. The summed E-state index contributed by atoms with van der Waals surface area (Å²) in [5, 5.41) is 0. The SMILES string of the molecule is COc1cc(OC)cc(N2C=C3C4CCCC(C(=O)N3CC2=O)N4C(=O)C(=O)C2(OC)CCCC2)c1. The van der Waals surface area contributed by atoms with E-state index in [1.54, 1.807) is 24.4 Å². The van der Waals surface area contributed by atoms with Gasteiger partial charge in [0.2, 0.25) is 5.91 Å². The minimum atomic E-state index is -1.12. The fraction of sp³-hybridized carbons (Fsp3) is 0.538. The van der Waals surface area contributed by atoms with E-state index in [1.807, 2.05) is 0 Å². The van der Waals surface area contributed by atoms with E-state index in [4.69, 9.17) is 14.2 Å². The minimum Gasteiger partial charge on any atom is -0.497 e. The van der Waals surface area contributed by atoms with Gasteiger partial charge in [0.25, 0.3) is 17.6 Å². The van der Waals surface area contributed by atoms with Gasteiger partial charge in [0.1, 0.15) is 29.7 Å². The van der Waals surface area contributed by atoms with E-state index in [-0.39, 0.29) is 18.4 Å². The molecule has 2 atom stereocenters. The maximum absolute atomic E-state index is 13.7. The summed E-state index contributed by atoms with van der Waals surface area (Å²) in [6.45, 7) is -0.144. The molecular weight excluding hydrogens is 466 g/mol. The van der Waals surface area contributed by atoms with E-state index >= 15 is 0 Å². The van der Waals surface area contributed by atoms with Gasteiger partial charge < -0.3 is 24.0 Å². The number of fused-ring (bicyclic) bond motifs is 4. The van der Waals surface area contributed by atoms with Crippen LogP contribution in [-0.2, 0) is 23.9 Å². The first kappa shape index (κ1) is 24.3. The Hall–Kier alpha value is -3.40. The summed E-state index contributed by atoms with van der Waals surface area (Å²) in [7, 11) is 4.52. The number of Topliss-reactive ketones (excluding diaryl/α,β-unsaturated/α-hetero) is 1. The average Bonchev–Trinajstić information content (AvgIpc) is 3.40. The highest BCUT2D eigenvalue weighted by atomic mass is 16.5. The van der Waals surface area contributed by atoms with Crippen LogP contribution in [0.1, 0.15) is 44.9 Å². The van der Waals surface area contributed by atoms with Gasteiger partial charge in [0.15, 0.2) is 0 Å². The van der Waals surface area contributed by atoms with Gasteiger partial charge in [-0.25, -0.2) is 0 Å². The zero-order chi connectivity index (χ0) is 25.6. The van der Waals surface area contributed by atoms with Crippen molar-refractivity contribution in [1.29, 1.82) is 0 Å². The fourth-order valence-electron chi connectivity index (χ4n) is 5.98. The number of hydrogen-bond acceptors (Lipinski definition) is 7. The highest BCUT2D eigenvalue weighted by molar-refractivity contribution is 6.40. The summed E-state index contributed by atoms with van der Waals surface area (Å²) >= 11 is 0. The molecule has 10 nitrogen and oxygen atoms in total. The maximum Gasteiger partial charge on any atom is 0.294 e. The quantitative estimate of drug-likeness (QED) is 0.554. The molecule has 192 valence electrons. The second-order valence-corrected chi connectivity index (χ2v) is 9.72. The van der Waals surface area contributed by atoms with E-state index < -0.39 is 29.4 Å². The van der Waals surface area contributed by atoms with Crippen LogP contribution in [0.2, 0.25) is 0 Å². The van der Waals surface area contributed by atoms with Crippen LogP contribution in [0.4, 0.5) is 5.69 Å². The van der Waals surface area contributed by atoms with Crippen molar-refractivity contribution in [1.82, 2.24) is 9.80 Å². The first-order chi connectivity index (χ1) is 17.3. The van der Waals surface area contributed by atoms with Gasteiger partial charge in [-0.15, -0.1) is 0 Å². The molecule has 10 heteroatoms. The molecule has 2 bridgehead atoms. The van der Waals surface area contributed by atoms with Crippen molar-refractivity contribution >= 4 is 29.2 Å². The highest BCUT2D eigenvalue weighted by Gasteiger charge is 2.54. The highest BCUT2D eigenvalue weighted by Crippen LogP contribution is 2.41. The zero-order valence-electron chi connectivity index (χ0n) is 20.8. The summed E-state index contributed by atoms with van der Waals surface area (Å²) in [6.07, 6.45) is 6.03. The smallest absolute Gasteiger partial charge is 0.294 e. The fourth-order valence-corrected chi connectivity index (χ4v) is 5.98. The largest absolute Gasteiger partial charge is 0.497 e. The van der Waals surface area contributed by atoms with Crippen molar-refractivity contribution in [2.45, 2.75) is 62.6 Å². The number of piperazine rings is 1. The average molecular weight is 498 g/mol. The number of ketones is 1. The molecule has 1 aliphatic carbocycles. The number of methoxy groups -OCH3 is 3. The third-order valence-corrected chi connectivity index (χ3v) is 7.91. The van der Waals surface area contributed by atoms with Gasteiger partial charge in [0, 0.05) is 31.5 Å². The standard InChI is InChI=1S/C26H31N3O7/c1-34-17-11-16(12-18(13-17)35-2)27-14-21-19-7-6-8-20(24(32)28(21)15-22(27)30)29(19)25(33)23(31)26(36-3)9-4-5-10-26/h11-14,19-20H,4-10,15H2,1-3H3. The van der Waals surface area contributed by atoms with Crippen LogP contribution in [0.25, 0.3) is 0 Å². The second kappa shape index (κ2) is 9.24. The monoisotopic (exact) mass is 497 g/mol. The third-order valence-electron chi connectivity index (χ3n) is 7.91. The summed E-state index contributed by atoms with van der Waals surface area (Å²) < 4.78 is 16.3. The van der Waals surface area contributed by atoms with E-state index in [9.17, 15) is 19.2 Å². The lowest BCUT2D eigenvalue weighted by atomic mass is 9.85. The topological polar surface area (TPSA) is 106 Å². The number of carbonyl (C=O) groups is 4. The van der Waals surface area contributed by atoms with Crippen molar-refractivity contribution < 1.29 is 33.4 Å². The predicted octanol–water partition coefficient (Wildman–Crippen LogP) is 2.01. The van der Waals surface area contributed by atoms with Gasteiger partial charge in [-0.2, -0.15) is 0 Å². The number of ether oxygens (including phenoxy) is 3. The first-order valence-corrected chi connectivity index (χ1v) is 12.3. The Bertz CT molecular complexity index is 1120. The summed E-state index contributed by atoms with van der Waals surface area (Å²) in [4.78, 5) is 58.1. The number of benzene rings is 1. The second-order valence-electron chi connectivity index (χ2n) is 9.72. The van der Waals surface area contributed by atoms with E-state index in [0.717, 1.165) is 19.3 Å². The molecule has 0 radical (unpaired) electrons. The Balaban J connectivity index is 1.53. The van der Waals surface area contributed by atoms with Crippen molar-refractivity contribution in [3.05, 3.63) is 30.1 Å². The van der Waals surface area contributed by atoms with Crippen LogP contribution in [0, 0.1) is 0 Å². The predicted molar refractivity (Wildman–Crippen MR) is 128 cm³/mol. The van der Waals surface area contributed by atoms with Gasteiger partial charge in [-0.1, -0.05) is 0 Å². The number of rotatable bonds is 6. The Morgan fingerprint density at radius 1 is 0.917 bits per heavy atom. The molecule has 36 heavy (non-hydrogen) atoms. The molecular formula is C26H31N3O7. The Morgan fingerprint density at radius 2 is 1.56 bits per heavy atom. The Labute approximate surface area is 209 Å². The molecule has 4 aliphatic rings. The number of anilines is 1. The van der Waals surface area contributed by atoms with Crippen molar-refractivity contribution in [2.75, 3.05) is 32.8 Å². The molecule has 1 aromatic carbocycles. The third kappa shape index (κ3) is 3.75. The molecule has 1 saturated carbocycles. The van der Waals surface area contributed by atoms with Gasteiger partial charge in [0.05, 0.1) is 31.6 Å². The van der Waals surface area contributed by atoms with Crippen LogP contribution < -0.4 is 14.4 Å². The van der Waals surface area contributed by atoms with Crippen LogP contribution in [0.15, 0.2) is 30.1 Å². The molecule has 5 rings (SSSR count). The molecule has 3 fully saturated rings. The summed E-state index contributed by atoms with van der Waals surface area (Å²) in [5.74, 6) is -0.844. The zero-order valence-corrected chi connectivity index (χ0v) is 20.8. The van der Waals surface area contributed by atoms with Crippen LogP contribution in [-0.4, -0.2) is 78.9 Å². The van der Waals surface area contributed by atoms with E-state index in [0.29, 0.717) is 48.6 Å². The molecule has 3 amide bonds. The Morgan fingerprint density at radius 3 is 2.17 bits per heavy atom. The number of piperidine rings is 1. The molecule has 0 aromatic heterocycles. The van der Waals surface area contributed by atoms with Gasteiger partial charge in [-0.3, -0.25) is 24.1 Å². The number of carbonyl (C=O) groups excluding carboxylic acids is 4. The lowest BCUT2D eigenvalue weighted by Crippen LogP contribution is -2.68. The molecule has 0 N–H and O–H groups in total. The molecule has 1 aromatic rings. The minimum absolute atomic E-state index is 0.144. The lowest BCUT2D eigenvalue weighted by molar-refractivity contribution is -0.166. The van der Waals surface area contributed by atoms with Crippen LogP contribution >= 0.6 is 0 Å². The summed E-state index contributed by atoms with van der Waals surface area (Å²) in [6, 6.07) is 3.86. The number of nitrogens with zero attached hydrogens (tertiary/aromatic N) is 3. The summed E-state index contributed by atoms with van der Waals surface area (Å²) in [5.41, 5.74) is -0.0607. The van der Waals surface area contributed by atoms with Crippen LogP contribution in [0.5, 0.6) is 11.5 Å². The maximum atomic E-state index is 13.7.